The van der Waals surface area contributed by atoms with Gasteiger partial charge in [0.15, 0.2) is 0 Å². The van der Waals surface area contributed by atoms with Crippen molar-refractivity contribution in [3.05, 3.63) is 29.8 Å². The summed E-state index contributed by atoms with van der Waals surface area (Å²) in [5.41, 5.74) is 2.27. The van der Waals surface area contributed by atoms with Crippen molar-refractivity contribution in [3.63, 3.8) is 0 Å². The zero-order valence-electron chi connectivity index (χ0n) is 10.3. The molecule has 2 N–H and O–H groups in total. The largest absolute Gasteiger partial charge is 0.391 e. The SMILES string of the molecule is O=C([C@@H]1Cc2ccccc2N1)N1CCC[C@H](O)C1. The molecule has 1 amide bonds. The Labute approximate surface area is 107 Å². The summed E-state index contributed by atoms with van der Waals surface area (Å²) in [6.07, 6.45) is 2.10. The summed E-state index contributed by atoms with van der Waals surface area (Å²) in [5, 5.41) is 12.9. The van der Waals surface area contributed by atoms with Crippen LogP contribution in [0.25, 0.3) is 0 Å². The van der Waals surface area contributed by atoms with Gasteiger partial charge in [-0.2, -0.15) is 0 Å². The Bertz CT molecular complexity index is 436. The van der Waals surface area contributed by atoms with E-state index in [-0.39, 0.29) is 18.1 Å². The van der Waals surface area contributed by atoms with Crippen LogP contribution in [-0.2, 0) is 11.2 Å². The van der Waals surface area contributed by atoms with E-state index in [0.717, 1.165) is 31.5 Å². The molecule has 4 nitrogen and oxygen atoms in total. The van der Waals surface area contributed by atoms with Crippen LogP contribution < -0.4 is 5.32 Å². The molecule has 3 rings (SSSR count). The van der Waals surface area contributed by atoms with E-state index in [9.17, 15) is 9.90 Å². The number of anilines is 1. The highest BCUT2D eigenvalue weighted by molar-refractivity contribution is 5.87. The number of amides is 1. The maximum atomic E-state index is 12.4. The van der Waals surface area contributed by atoms with Gasteiger partial charge in [-0.1, -0.05) is 18.2 Å². The predicted octanol–water partition coefficient (Wildman–Crippen LogP) is 1.01. The molecule has 2 aliphatic heterocycles. The molecule has 2 heterocycles. The van der Waals surface area contributed by atoms with E-state index in [0.29, 0.717) is 6.54 Å². The molecule has 0 spiro atoms. The molecule has 2 aliphatic rings. The van der Waals surface area contributed by atoms with Gasteiger partial charge in [-0.25, -0.2) is 0 Å². The number of β-amino-alcohol motifs (C(OH)–C–C–N with tert-alkyl or cyclic N) is 1. The quantitative estimate of drug-likeness (QED) is 0.777. The first-order chi connectivity index (χ1) is 8.74. The van der Waals surface area contributed by atoms with E-state index in [4.69, 9.17) is 0 Å². The fourth-order valence-corrected chi connectivity index (χ4v) is 2.82. The van der Waals surface area contributed by atoms with Crippen LogP contribution in [0.3, 0.4) is 0 Å². The van der Waals surface area contributed by atoms with Gasteiger partial charge in [0, 0.05) is 25.2 Å². The number of aliphatic hydroxyl groups excluding tert-OH is 1. The molecule has 0 bridgehead atoms. The number of carbonyl (C=O) groups excluding carboxylic acids is 1. The Kier molecular flexibility index (Phi) is 2.96. The van der Waals surface area contributed by atoms with Gasteiger partial charge in [0.05, 0.1) is 6.10 Å². The van der Waals surface area contributed by atoms with Crippen molar-refractivity contribution in [2.45, 2.75) is 31.4 Å². The lowest BCUT2D eigenvalue weighted by atomic mass is 10.1. The van der Waals surface area contributed by atoms with Crippen LogP contribution in [0.4, 0.5) is 5.69 Å². The average molecular weight is 246 g/mol. The Balaban J connectivity index is 1.68. The summed E-state index contributed by atoms with van der Waals surface area (Å²) in [6, 6.07) is 7.88. The number of rotatable bonds is 1. The van der Waals surface area contributed by atoms with E-state index < -0.39 is 0 Å². The molecule has 0 radical (unpaired) electrons. The van der Waals surface area contributed by atoms with Crippen LogP contribution in [0.5, 0.6) is 0 Å². The highest BCUT2D eigenvalue weighted by Gasteiger charge is 2.31. The van der Waals surface area contributed by atoms with Crippen molar-refractivity contribution in [1.82, 2.24) is 4.90 Å². The molecule has 18 heavy (non-hydrogen) atoms. The fraction of sp³-hybridized carbons (Fsp3) is 0.500. The highest BCUT2D eigenvalue weighted by Crippen LogP contribution is 2.26. The van der Waals surface area contributed by atoms with Crippen LogP contribution in [0, 0.1) is 0 Å². The smallest absolute Gasteiger partial charge is 0.245 e. The number of nitrogens with zero attached hydrogens (tertiary/aromatic N) is 1. The third-order valence-corrected chi connectivity index (χ3v) is 3.78. The van der Waals surface area contributed by atoms with Crippen molar-refractivity contribution in [2.75, 3.05) is 18.4 Å². The Hall–Kier alpha value is -1.55. The fourth-order valence-electron chi connectivity index (χ4n) is 2.82. The second-order valence-electron chi connectivity index (χ2n) is 5.14. The number of benzene rings is 1. The lowest BCUT2D eigenvalue weighted by Crippen LogP contribution is -2.48. The number of hydrogen-bond acceptors (Lipinski definition) is 3. The molecule has 1 saturated heterocycles. The molecule has 1 aromatic carbocycles. The number of para-hydroxylation sites is 1. The second-order valence-corrected chi connectivity index (χ2v) is 5.14. The summed E-state index contributed by atoms with van der Waals surface area (Å²) in [6.45, 7) is 1.25. The van der Waals surface area contributed by atoms with E-state index >= 15 is 0 Å². The van der Waals surface area contributed by atoms with Crippen LogP contribution >= 0.6 is 0 Å². The number of aliphatic hydroxyl groups is 1. The van der Waals surface area contributed by atoms with E-state index in [1.54, 1.807) is 4.90 Å². The monoisotopic (exact) mass is 246 g/mol. The van der Waals surface area contributed by atoms with Crippen LogP contribution in [0.2, 0.25) is 0 Å². The average Bonchev–Trinajstić information content (AvgIpc) is 2.81. The van der Waals surface area contributed by atoms with Crippen LogP contribution in [0.15, 0.2) is 24.3 Å². The number of nitrogens with one attached hydrogen (secondary N) is 1. The first kappa shape index (κ1) is 11.5. The minimum atomic E-state index is -0.355. The van der Waals surface area contributed by atoms with E-state index in [1.807, 2.05) is 18.2 Å². The number of carbonyl (C=O) groups is 1. The summed E-state index contributed by atoms with van der Waals surface area (Å²) in [4.78, 5) is 14.2. The molecule has 0 aliphatic carbocycles. The standard InChI is InChI=1S/C14H18N2O2/c17-11-5-3-7-16(9-11)14(18)13-8-10-4-1-2-6-12(10)15-13/h1-2,4,6,11,13,15,17H,3,5,7-9H2/t11-,13-/m0/s1. The van der Waals surface area contributed by atoms with Crippen LogP contribution in [-0.4, -0.2) is 41.1 Å². The number of hydrogen-bond donors (Lipinski definition) is 2. The number of piperidine rings is 1. The summed E-state index contributed by atoms with van der Waals surface area (Å²) >= 11 is 0. The second kappa shape index (κ2) is 4.61. The molecule has 0 aromatic heterocycles. The topological polar surface area (TPSA) is 52.6 Å². The normalized spacial score (nSPS) is 26.6. The maximum absolute atomic E-state index is 12.4. The van der Waals surface area contributed by atoms with Crippen molar-refractivity contribution in [3.8, 4) is 0 Å². The number of likely N-dealkylation sites (tertiary alicyclic amines) is 1. The molecule has 1 fully saturated rings. The third-order valence-electron chi connectivity index (χ3n) is 3.78. The molecule has 4 heteroatoms. The minimum Gasteiger partial charge on any atom is -0.391 e. The molecule has 1 aromatic rings. The van der Waals surface area contributed by atoms with Gasteiger partial charge in [-0.15, -0.1) is 0 Å². The Morgan fingerprint density at radius 3 is 3.00 bits per heavy atom. The van der Waals surface area contributed by atoms with Gasteiger partial charge in [0.2, 0.25) is 5.91 Å². The van der Waals surface area contributed by atoms with Crippen molar-refractivity contribution < 1.29 is 9.90 Å². The van der Waals surface area contributed by atoms with E-state index in [1.165, 1.54) is 5.56 Å². The van der Waals surface area contributed by atoms with Crippen molar-refractivity contribution >= 4 is 11.6 Å². The highest BCUT2D eigenvalue weighted by atomic mass is 16.3. The summed E-state index contributed by atoms with van der Waals surface area (Å²) in [7, 11) is 0. The zero-order chi connectivity index (χ0) is 12.5. The van der Waals surface area contributed by atoms with Gasteiger partial charge in [0.1, 0.15) is 6.04 Å². The van der Waals surface area contributed by atoms with Crippen molar-refractivity contribution in [2.24, 2.45) is 0 Å². The molecule has 2 atom stereocenters. The number of fused-ring (bicyclic) bond motifs is 1. The zero-order valence-corrected chi connectivity index (χ0v) is 10.3. The van der Waals surface area contributed by atoms with Gasteiger partial charge in [0.25, 0.3) is 0 Å². The Morgan fingerprint density at radius 2 is 2.22 bits per heavy atom. The lowest BCUT2D eigenvalue weighted by Gasteiger charge is -2.32. The third kappa shape index (κ3) is 2.08. The lowest BCUT2D eigenvalue weighted by molar-refractivity contribution is -0.134. The molecular weight excluding hydrogens is 228 g/mol. The van der Waals surface area contributed by atoms with Crippen molar-refractivity contribution in [1.29, 1.82) is 0 Å². The Morgan fingerprint density at radius 1 is 1.39 bits per heavy atom. The summed E-state index contributed by atoms with van der Waals surface area (Å²) in [5.74, 6) is 0.116. The maximum Gasteiger partial charge on any atom is 0.245 e. The van der Waals surface area contributed by atoms with Gasteiger partial charge < -0.3 is 15.3 Å². The van der Waals surface area contributed by atoms with Gasteiger partial charge in [-0.3, -0.25) is 4.79 Å². The molecule has 96 valence electrons. The van der Waals surface area contributed by atoms with E-state index in [2.05, 4.69) is 11.4 Å². The summed E-state index contributed by atoms with van der Waals surface area (Å²) < 4.78 is 0. The van der Waals surface area contributed by atoms with Crippen LogP contribution in [0.1, 0.15) is 18.4 Å². The molecule has 0 unspecified atom stereocenters. The molecular formula is C14H18N2O2. The predicted molar refractivity (Wildman–Crippen MR) is 69.4 cm³/mol. The minimum absolute atomic E-state index is 0.116. The molecule has 0 saturated carbocycles. The van der Waals surface area contributed by atoms with Gasteiger partial charge in [-0.05, 0) is 24.5 Å². The van der Waals surface area contributed by atoms with Gasteiger partial charge >= 0.3 is 0 Å². The first-order valence-corrected chi connectivity index (χ1v) is 6.55. The first-order valence-electron chi connectivity index (χ1n) is 6.55.